The minimum atomic E-state index is 0.570. The van der Waals surface area contributed by atoms with Gasteiger partial charge in [0.2, 0.25) is 0 Å². The summed E-state index contributed by atoms with van der Waals surface area (Å²) in [5, 5.41) is 3.34. The molecule has 1 aliphatic heterocycles. The summed E-state index contributed by atoms with van der Waals surface area (Å²) in [5.41, 5.74) is 1.47. The van der Waals surface area contributed by atoms with Crippen LogP contribution < -0.4 is 5.32 Å². The molecule has 1 aromatic rings. The number of hydrogen-bond donors (Lipinski definition) is 1. The summed E-state index contributed by atoms with van der Waals surface area (Å²) in [4.78, 5) is 2.70. The average molecular weight is 260 g/mol. The van der Waals surface area contributed by atoms with Gasteiger partial charge in [-0.1, -0.05) is 44.2 Å². The van der Waals surface area contributed by atoms with E-state index in [9.17, 15) is 0 Å². The Morgan fingerprint density at radius 1 is 1.26 bits per heavy atom. The van der Waals surface area contributed by atoms with Crippen LogP contribution >= 0.6 is 0 Å². The molecule has 1 aromatic carbocycles. The lowest BCUT2D eigenvalue weighted by atomic mass is 9.90. The molecule has 1 aliphatic rings. The van der Waals surface area contributed by atoms with Gasteiger partial charge in [-0.25, -0.2) is 0 Å². The van der Waals surface area contributed by atoms with Crippen molar-refractivity contribution >= 4 is 0 Å². The van der Waals surface area contributed by atoms with Crippen molar-refractivity contribution in [2.24, 2.45) is 11.8 Å². The van der Waals surface area contributed by atoms with E-state index in [1.54, 1.807) is 0 Å². The molecule has 0 spiro atoms. The molecule has 0 aliphatic carbocycles. The molecule has 2 rings (SSSR count). The first kappa shape index (κ1) is 14.5. The number of piperidine rings is 1. The molecule has 1 N–H and O–H groups in total. The van der Waals surface area contributed by atoms with Gasteiger partial charge in [0.05, 0.1) is 0 Å². The standard InChI is InChI=1S/C17H28N2/c1-14(2)17(16-9-5-4-6-10-16)19-11-7-8-15(13-19)12-18-3/h4-6,9-10,14-15,17-18H,7-8,11-13H2,1-3H3. The van der Waals surface area contributed by atoms with E-state index in [4.69, 9.17) is 0 Å². The first-order valence-corrected chi connectivity index (χ1v) is 7.66. The van der Waals surface area contributed by atoms with Crippen molar-refractivity contribution in [2.45, 2.75) is 32.7 Å². The summed E-state index contributed by atoms with van der Waals surface area (Å²) in [6.07, 6.45) is 2.71. The number of nitrogens with zero attached hydrogens (tertiary/aromatic N) is 1. The van der Waals surface area contributed by atoms with Gasteiger partial charge in [0, 0.05) is 12.6 Å². The SMILES string of the molecule is CNCC1CCCN(C(c2ccccc2)C(C)C)C1. The molecule has 0 aromatic heterocycles. The summed E-state index contributed by atoms with van der Waals surface area (Å²) in [6.45, 7) is 8.32. The van der Waals surface area contributed by atoms with Crippen molar-refractivity contribution in [1.29, 1.82) is 0 Å². The van der Waals surface area contributed by atoms with Crippen molar-refractivity contribution in [3.63, 3.8) is 0 Å². The predicted molar refractivity (Wildman–Crippen MR) is 82.2 cm³/mol. The van der Waals surface area contributed by atoms with Crippen molar-refractivity contribution in [2.75, 3.05) is 26.7 Å². The smallest absolute Gasteiger partial charge is 0.0371 e. The van der Waals surface area contributed by atoms with Crippen LogP contribution in [0, 0.1) is 11.8 Å². The zero-order chi connectivity index (χ0) is 13.7. The average Bonchev–Trinajstić information content (AvgIpc) is 2.40. The van der Waals surface area contributed by atoms with Crippen molar-refractivity contribution in [3.05, 3.63) is 35.9 Å². The van der Waals surface area contributed by atoms with Gasteiger partial charge in [-0.05, 0) is 50.4 Å². The van der Waals surface area contributed by atoms with Crippen molar-refractivity contribution in [3.8, 4) is 0 Å². The molecule has 1 saturated heterocycles. The maximum Gasteiger partial charge on any atom is 0.0371 e. The molecule has 0 amide bonds. The van der Waals surface area contributed by atoms with Crippen LogP contribution in [0.5, 0.6) is 0 Å². The highest BCUT2D eigenvalue weighted by atomic mass is 15.2. The van der Waals surface area contributed by atoms with Crippen LogP contribution in [-0.2, 0) is 0 Å². The Morgan fingerprint density at radius 3 is 2.63 bits per heavy atom. The molecular weight excluding hydrogens is 232 g/mol. The van der Waals surface area contributed by atoms with Crippen LogP contribution in [0.3, 0.4) is 0 Å². The van der Waals surface area contributed by atoms with E-state index in [-0.39, 0.29) is 0 Å². The fraction of sp³-hybridized carbons (Fsp3) is 0.647. The van der Waals surface area contributed by atoms with Gasteiger partial charge in [-0.3, -0.25) is 4.90 Å². The minimum Gasteiger partial charge on any atom is -0.319 e. The second kappa shape index (κ2) is 7.06. The second-order valence-corrected chi connectivity index (χ2v) is 6.16. The van der Waals surface area contributed by atoms with Crippen LogP contribution in [0.1, 0.15) is 38.3 Å². The number of hydrogen-bond acceptors (Lipinski definition) is 2. The lowest BCUT2D eigenvalue weighted by Gasteiger charge is -2.40. The lowest BCUT2D eigenvalue weighted by molar-refractivity contribution is 0.0956. The first-order valence-electron chi connectivity index (χ1n) is 7.66. The van der Waals surface area contributed by atoms with Crippen LogP contribution in [0.25, 0.3) is 0 Å². The van der Waals surface area contributed by atoms with Crippen molar-refractivity contribution in [1.82, 2.24) is 10.2 Å². The molecular formula is C17H28N2. The molecule has 106 valence electrons. The number of benzene rings is 1. The molecule has 2 atom stereocenters. The zero-order valence-corrected chi connectivity index (χ0v) is 12.6. The molecule has 2 unspecified atom stereocenters. The van der Waals surface area contributed by atoms with Gasteiger partial charge in [0.25, 0.3) is 0 Å². The fourth-order valence-electron chi connectivity index (χ4n) is 3.47. The van der Waals surface area contributed by atoms with Crippen LogP contribution in [0.15, 0.2) is 30.3 Å². The zero-order valence-electron chi connectivity index (χ0n) is 12.6. The third-order valence-electron chi connectivity index (χ3n) is 4.21. The van der Waals surface area contributed by atoms with E-state index < -0.39 is 0 Å². The van der Waals surface area contributed by atoms with E-state index in [1.165, 1.54) is 31.5 Å². The molecule has 1 heterocycles. The van der Waals surface area contributed by atoms with E-state index in [0.717, 1.165) is 12.5 Å². The van der Waals surface area contributed by atoms with Gasteiger partial charge in [0.15, 0.2) is 0 Å². The maximum atomic E-state index is 3.34. The van der Waals surface area contributed by atoms with E-state index >= 15 is 0 Å². The Kier molecular flexibility index (Phi) is 5.41. The first-order chi connectivity index (χ1) is 9.22. The largest absolute Gasteiger partial charge is 0.319 e. The van der Waals surface area contributed by atoms with Gasteiger partial charge >= 0.3 is 0 Å². The quantitative estimate of drug-likeness (QED) is 0.873. The maximum absolute atomic E-state index is 3.34. The molecule has 19 heavy (non-hydrogen) atoms. The fourth-order valence-corrected chi connectivity index (χ4v) is 3.47. The summed E-state index contributed by atoms with van der Waals surface area (Å²) >= 11 is 0. The molecule has 0 bridgehead atoms. The number of rotatable bonds is 5. The van der Waals surface area contributed by atoms with Gasteiger partial charge in [-0.2, -0.15) is 0 Å². The van der Waals surface area contributed by atoms with E-state index in [1.807, 2.05) is 0 Å². The second-order valence-electron chi connectivity index (χ2n) is 6.16. The molecule has 0 saturated carbocycles. The highest BCUT2D eigenvalue weighted by Crippen LogP contribution is 2.32. The van der Waals surface area contributed by atoms with Crippen LogP contribution in [-0.4, -0.2) is 31.6 Å². The molecule has 2 nitrogen and oxygen atoms in total. The molecule has 2 heteroatoms. The number of likely N-dealkylation sites (tertiary alicyclic amines) is 1. The van der Waals surface area contributed by atoms with Crippen LogP contribution in [0.2, 0.25) is 0 Å². The van der Waals surface area contributed by atoms with E-state index in [2.05, 4.69) is 61.4 Å². The predicted octanol–water partition coefficient (Wildman–Crippen LogP) is 3.32. The van der Waals surface area contributed by atoms with Gasteiger partial charge in [0.1, 0.15) is 0 Å². The van der Waals surface area contributed by atoms with Crippen LogP contribution in [0.4, 0.5) is 0 Å². The summed E-state index contributed by atoms with van der Waals surface area (Å²) in [7, 11) is 2.07. The Labute approximate surface area is 118 Å². The monoisotopic (exact) mass is 260 g/mol. The van der Waals surface area contributed by atoms with Gasteiger partial charge < -0.3 is 5.32 Å². The third-order valence-corrected chi connectivity index (χ3v) is 4.21. The Bertz CT molecular complexity index is 359. The Morgan fingerprint density at radius 2 is 2.00 bits per heavy atom. The summed E-state index contributed by atoms with van der Waals surface area (Å²) in [5.74, 6) is 1.47. The third kappa shape index (κ3) is 3.80. The highest BCUT2D eigenvalue weighted by molar-refractivity contribution is 5.19. The summed E-state index contributed by atoms with van der Waals surface area (Å²) in [6, 6.07) is 11.6. The summed E-state index contributed by atoms with van der Waals surface area (Å²) < 4.78 is 0. The Balaban J connectivity index is 2.11. The Hall–Kier alpha value is -0.860. The topological polar surface area (TPSA) is 15.3 Å². The lowest BCUT2D eigenvalue weighted by Crippen LogP contribution is -2.42. The normalized spacial score (nSPS) is 22.6. The van der Waals surface area contributed by atoms with Gasteiger partial charge in [-0.15, -0.1) is 0 Å². The van der Waals surface area contributed by atoms with Crippen molar-refractivity contribution < 1.29 is 0 Å². The highest BCUT2D eigenvalue weighted by Gasteiger charge is 2.28. The minimum absolute atomic E-state index is 0.570. The van der Waals surface area contributed by atoms with E-state index in [0.29, 0.717) is 12.0 Å². The molecule has 0 radical (unpaired) electrons. The molecule has 1 fully saturated rings. The number of nitrogens with one attached hydrogen (secondary N) is 1.